The zero-order valence-electron chi connectivity index (χ0n) is 50.5. The molecule has 90 heavy (non-hydrogen) atoms. The second-order valence-corrected chi connectivity index (χ2v) is 23.5. The van der Waals surface area contributed by atoms with E-state index < -0.39 is 9.85 Å². The average molecular weight is 1330 g/mol. The molecule has 0 saturated carbocycles. The number of methoxy groups -OCH3 is 2. The Morgan fingerprint density at radius 1 is 0.644 bits per heavy atom. The fraction of sp³-hybridized carbons (Fsp3) is 0.281. The van der Waals surface area contributed by atoms with Gasteiger partial charge in [-0.1, -0.05) is 83.9 Å². The molecule has 0 aliphatic carbocycles. The Hall–Kier alpha value is -8.62. The van der Waals surface area contributed by atoms with Gasteiger partial charge >= 0.3 is 18.5 Å². The van der Waals surface area contributed by atoms with Crippen LogP contribution >= 0.6 is 39.1 Å². The first kappa shape index (κ1) is 65.8. The van der Waals surface area contributed by atoms with Gasteiger partial charge in [-0.05, 0) is 153 Å². The predicted octanol–water partition coefficient (Wildman–Crippen LogP) is 13.9. The van der Waals surface area contributed by atoms with Crippen LogP contribution in [0.25, 0.3) is 5.57 Å². The number of rotatable bonds is 18. The molecule has 0 spiro atoms. The van der Waals surface area contributed by atoms with Crippen LogP contribution in [-0.2, 0) is 31.9 Å². The Morgan fingerprint density at radius 2 is 1.09 bits per heavy atom. The summed E-state index contributed by atoms with van der Waals surface area (Å²) in [5.74, 6) is 0.686. The van der Waals surface area contributed by atoms with Gasteiger partial charge in [0.1, 0.15) is 27.5 Å². The van der Waals surface area contributed by atoms with Crippen LogP contribution in [0.2, 0.25) is 10.0 Å². The number of benzene rings is 4. The first-order valence-corrected chi connectivity index (χ1v) is 30.0. The lowest BCUT2D eigenvalue weighted by atomic mass is 9.75. The molecule has 22 nitrogen and oxygen atoms in total. The molecule has 0 bridgehead atoms. The van der Waals surface area contributed by atoms with E-state index in [-0.39, 0.29) is 74.6 Å². The number of carbonyl (C=O) groups excluding carboxylic acids is 2. The van der Waals surface area contributed by atoms with Crippen molar-refractivity contribution in [3.63, 3.8) is 0 Å². The van der Waals surface area contributed by atoms with Crippen LogP contribution in [0, 0.1) is 34.1 Å². The van der Waals surface area contributed by atoms with Gasteiger partial charge in [0.05, 0.1) is 113 Å². The number of pyridine rings is 2. The van der Waals surface area contributed by atoms with Gasteiger partial charge in [-0.15, -0.1) is 10.2 Å². The Balaban J connectivity index is 0.000000175. The van der Waals surface area contributed by atoms with E-state index in [2.05, 4.69) is 80.5 Å². The number of hydrogen-bond donors (Lipinski definition) is 2. The lowest BCUT2D eigenvalue weighted by Crippen LogP contribution is -2.41. The third-order valence-electron chi connectivity index (χ3n) is 15.6. The maximum atomic E-state index is 13.6. The van der Waals surface area contributed by atoms with Crippen LogP contribution < -0.4 is 20.1 Å². The van der Waals surface area contributed by atoms with Crippen LogP contribution in [0.1, 0.15) is 101 Å². The average Bonchev–Trinajstić information content (AvgIpc) is 1.65. The van der Waals surface area contributed by atoms with Crippen molar-refractivity contribution in [3.05, 3.63) is 225 Å². The third-order valence-corrected chi connectivity index (χ3v) is 16.6. The molecule has 0 radical (unpaired) electrons. The number of anilines is 4. The van der Waals surface area contributed by atoms with E-state index in [0.29, 0.717) is 94.5 Å². The van der Waals surface area contributed by atoms with E-state index in [4.69, 9.17) is 51.5 Å². The number of aromatic nitrogens is 6. The molecule has 4 aromatic carbocycles. The summed E-state index contributed by atoms with van der Waals surface area (Å²) >= 11 is 15.8. The van der Waals surface area contributed by atoms with Gasteiger partial charge < -0.3 is 38.9 Å². The normalized spacial score (nSPS) is 14.8. The number of carbonyl (C=O) groups is 2. The van der Waals surface area contributed by atoms with Crippen LogP contribution in [0.5, 0.6) is 11.5 Å². The maximum Gasteiger partial charge on any atom is 0.490 e. The largest absolute Gasteiger partial charge is 0.497 e. The van der Waals surface area contributed by atoms with Crippen molar-refractivity contribution in [2.45, 2.75) is 78.7 Å². The van der Waals surface area contributed by atoms with E-state index >= 15 is 0 Å². The van der Waals surface area contributed by atoms with Crippen molar-refractivity contribution in [1.29, 1.82) is 0 Å². The molecule has 2 N–H and O–H groups in total. The van der Waals surface area contributed by atoms with E-state index in [0.717, 1.165) is 29.7 Å². The number of nitrogens with zero attached hydrogens (tertiary/aromatic N) is 8. The van der Waals surface area contributed by atoms with Crippen molar-refractivity contribution in [1.82, 2.24) is 29.5 Å². The molecule has 0 atom stereocenters. The van der Waals surface area contributed by atoms with Gasteiger partial charge in [0.25, 0.3) is 0 Å². The van der Waals surface area contributed by atoms with Gasteiger partial charge in [-0.3, -0.25) is 44.2 Å². The van der Waals surface area contributed by atoms with Gasteiger partial charge in [-0.2, -0.15) is 0 Å². The summed E-state index contributed by atoms with van der Waals surface area (Å²) < 4.78 is 36.5. The number of hydrogen-bond acceptors (Lipinski definition) is 18. The third kappa shape index (κ3) is 15.3. The fourth-order valence-corrected chi connectivity index (χ4v) is 10.5. The molecule has 0 amide bonds. The summed E-state index contributed by atoms with van der Waals surface area (Å²) in [5, 5.41) is 39.7. The molecule has 3 aliphatic heterocycles. The Bertz CT molecular complexity index is 4030. The molecule has 26 heteroatoms. The van der Waals surface area contributed by atoms with Crippen molar-refractivity contribution in [2.75, 3.05) is 51.3 Å². The molecule has 11 rings (SSSR count). The molecule has 466 valence electrons. The number of ketones is 2. The summed E-state index contributed by atoms with van der Waals surface area (Å²) in [4.78, 5) is 58.6. The molecular weight excluding hydrogens is 1260 g/mol. The number of nitrogens with one attached hydrogen (secondary N) is 2. The molecule has 3 aliphatic rings. The topological polar surface area (TPSA) is 261 Å². The van der Waals surface area contributed by atoms with Crippen molar-refractivity contribution < 1.29 is 47.7 Å². The monoisotopic (exact) mass is 1320 g/mol. The SMILES string of the molecule is CC1(C)OB(C2=CCOCC2)OC1(C)C.COc1ccc(Cn2nc(Nc3cc(Br)ncc3C(=O)c3ccccc3Cl)c([N+](=O)[O-])c2C)cc1.COc1ccc(Cn2nc(Nc3cc(C4=CCOCC4)ncc3C(=O)c3ccccc3Cl)c([N+](=O)[O-])c2C)cc1. The summed E-state index contributed by atoms with van der Waals surface area (Å²) in [6.45, 7) is 14.6. The minimum atomic E-state index is -0.499. The Morgan fingerprint density at radius 3 is 1.51 bits per heavy atom. The predicted molar refractivity (Wildman–Crippen MR) is 347 cm³/mol. The number of ether oxygens (including phenoxy) is 4. The van der Waals surface area contributed by atoms with Crippen molar-refractivity contribution in [2.24, 2.45) is 0 Å². The van der Waals surface area contributed by atoms with Crippen molar-refractivity contribution >= 4 is 97.8 Å². The summed E-state index contributed by atoms with van der Waals surface area (Å²) in [6, 6.07) is 31.3. The highest BCUT2D eigenvalue weighted by atomic mass is 79.9. The first-order valence-electron chi connectivity index (χ1n) is 28.4. The molecule has 0 unspecified atom stereocenters. The van der Waals surface area contributed by atoms with Crippen molar-refractivity contribution in [3.8, 4) is 11.5 Å². The zero-order valence-corrected chi connectivity index (χ0v) is 53.6. The Kier molecular flexibility index (Phi) is 21.1. The van der Waals surface area contributed by atoms with Crippen LogP contribution in [0.4, 0.5) is 34.4 Å². The second-order valence-electron chi connectivity index (χ2n) is 21.9. The molecule has 1 saturated heterocycles. The van der Waals surface area contributed by atoms with Crippen LogP contribution in [-0.4, -0.2) is 110 Å². The van der Waals surface area contributed by atoms with Crippen LogP contribution in [0.3, 0.4) is 0 Å². The van der Waals surface area contributed by atoms with E-state index in [1.165, 1.54) is 22.5 Å². The highest BCUT2D eigenvalue weighted by Crippen LogP contribution is 2.40. The van der Waals surface area contributed by atoms with Gasteiger partial charge in [0, 0.05) is 23.5 Å². The van der Waals surface area contributed by atoms with Gasteiger partial charge in [0.2, 0.25) is 11.6 Å². The molecule has 8 aromatic rings. The highest BCUT2D eigenvalue weighted by molar-refractivity contribution is 9.10. The fourth-order valence-electron chi connectivity index (χ4n) is 9.77. The van der Waals surface area contributed by atoms with E-state index in [1.807, 2.05) is 54.6 Å². The highest BCUT2D eigenvalue weighted by Gasteiger charge is 2.52. The summed E-state index contributed by atoms with van der Waals surface area (Å²) in [5.41, 5.74) is 6.08. The minimum Gasteiger partial charge on any atom is -0.497 e. The van der Waals surface area contributed by atoms with E-state index in [9.17, 15) is 29.8 Å². The van der Waals surface area contributed by atoms with Gasteiger partial charge in [-0.25, -0.2) is 4.98 Å². The van der Waals surface area contributed by atoms with Gasteiger partial charge in [0.15, 0.2) is 11.6 Å². The number of halogens is 3. The Labute approximate surface area is 538 Å². The molecule has 4 aromatic heterocycles. The lowest BCUT2D eigenvalue weighted by molar-refractivity contribution is -0.384. The number of nitro groups is 2. The zero-order chi connectivity index (χ0) is 64.4. The standard InChI is InChI=1S/C29H26ClN5O5.C24H19BrClN5O4.C11H19BO3/c1-18-27(35(37)38)29(33-34(18)17-19-7-9-21(39-2)10-8-19)32-26-15-25(20-11-13-40-14-12-20)31-16-23(26)28(36)22-5-3-4-6-24(22)30;1-14-22(31(33)34)24(29-30(14)13-15-7-9-16(35-2)10-8-15)28-20-11-21(25)27-12-18(20)23(32)17-5-3-4-6-19(17)26;1-10(2)11(3,4)15-12(14-10)9-5-7-13-8-6-9/h3-11,15-16H,12-14,17H2,1-2H3,(H,31,32,33);3-12H,13H2,1-2H3,(H,27,28,29);5H,6-8H2,1-4H3. The smallest absolute Gasteiger partial charge is 0.490 e. The molecule has 7 heterocycles. The second kappa shape index (κ2) is 28.9. The van der Waals surface area contributed by atoms with Crippen LogP contribution in [0.15, 0.2) is 144 Å². The maximum absolute atomic E-state index is 13.6. The quantitative estimate of drug-likeness (QED) is 0.0266. The first-order chi connectivity index (χ1) is 43.1. The minimum absolute atomic E-state index is 0.00678. The lowest BCUT2D eigenvalue weighted by Gasteiger charge is -2.32. The summed E-state index contributed by atoms with van der Waals surface area (Å²) in [6.07, 6.45) is 8.42. The summed E-state index contributed by atoms with van der Waals surface area (Å²) in [7, 11) is 2.98. The molecular formula is C64H64BBrCl2N10O12. The van der Waals surface area contributed by atoms with E-state index in [1.54, 1.807) is 93.4 Å². The molecule has 1 fully saturated rings.